The van der Waals surface area contributed by atoms with Gasteiger partial charge in [0.2, 0.25) is 0 Å². The third kappa shape index (κ3) is 3.24. The van der Waals surface area contributed by atoms with Crippen LogP contribution in [0.4, 0.5) is 0 Å². The number of fused-ring (bicyclic) bond motifs is 1. The Hall–Kier alpha value is -3.13. The number of H-pyrrole nitrogens is 1. The molecule has 2 aromatic carbocycles. The number of aryl methyl sites for hydroxylation is 2. The van der Waals surface area contributed by atoms with Gasteiger partial charge in [0.15, 0.2) is 0 Å². The van der Waals surface area contributed by atoms with Crippen LogP contribution in [0.15, 0.2) is 77.4 Å². The Morgan fingerprint density at radius 1 is 0.920 bits per heavy atom. The molecular weight excluding hydrogens is 304 g/mol. The van der Waals surface area contributed by atoms with E-state index in [1.165, 1.54) is 27.6 Å². The molecule has 2 heterocycles. The minimum absolute atomic E-state index is 0.972. The molecule has 0 unspecified atom stereocenters. The summed E-state index contributed by atoms with van der Waals surface area (Å²) in [7, 11) is 0. The number of nitrogens with one attached hydrogen (secondary N) is 1. The van der Waals surface area contributed by atoms with Crippen molar-refractivity contribution in [1.29, 1.82) is 0 Å². The van der Waals surface area contributed by atoms with Crippen LogP contribution >= 0.6 is 0 Å². The highest BCUT2D eigenvalue weighted by Gasteiger charge is 2.05. The van der Waals surface area contributed by atoms with Gasteiger partial charge >= 0.3 is 0 Å². The van der Waals surface area contributed by atoms with E-state index < -0.39 is 0 Å². The van der Waals surface area contributed by atoms with Crippen molar-refractivity contribution in [3.05, 3.63) is 95.0 Å². The summed E-state index contributed by atoms with van der Waals surface area (Å²) in [6, 6.07) is 17.0. The molecule has 1 N–H and O–H groups in total. The molecule has 0 spiro atoms. The number of nitrogens with zero attached hydrogens (tertiary/aromatic N) is 1. The monoisotopic (exact) mass is 324 g/mol. The van der Waals surface area contributed by atoms with Crippen LogP contribution in [-0.2, 0) is 0 Å². The number of rotatable bonds is 3. The van der Waals surface area contributed by atoms with E-state index >= 15 is 0 Å². The first kappa shape index (κ1) is 15.4. The molecule has 0 aliphatic carbocycles. The van der Waals surface area contributed by atoms with E-state index in [2.05, 4.69) is 103 Å². The van der Waals surface area contributed by atoms with Gasteiger partial charge in [-0.3, -0.25) is 0 Å². The third-order valence-electron chi connectivity index (χ3n) is 4.42. The van der Waals surface area contributed by atoms with Crippen molar-refractivity contribution in [3.63, 3.8) is 0 Å². The van der Waals surface area contributed by atoms with Crippen LogP contribution < -0.4 is 0 Å². The second kappa shape index (κ2) is 6.40. The summed E-state index contributed by atoms with van der Waals surface area (Å²) in [4.78, 5) is 8.06. The van der Waals surface area contributed by atoms with E-state index in [0.717, 1.165) is 17.1 Å². The van der Waals surface area contributed by atoms with Crippen molar-refractivity contribution in [2.45, 2.75) is 13.8 Å². The molecule has 0 saturated heterocycles. The van der Waals surface area contributed by atoms with Crippen molar-refractivity contribution >= 4 is 28.6 Å². The molecule has 0 bridgehead atoms. The van der Waals surface area contributed by atoms with Crippen molar-refractivity contribution < 1.29 is 0 Å². The lowest BCUT2D eigenvalue weighted by Crippen LogP contribution is -1.83. The molecular formula is C23H20N2. The predicted octanol–water partition coefficient (Wildman–Crippen LogP) is 5.85. The van der Waals surface area contributed by atoms with Crippen LogP contribution in [0.25, 0.3) is 22.9 Å². The van der Waals surface area contributed by atoms with Gasteiger partial charge in [0.1, 0.15) is 0 Å². The second-order valence-electron chi connectivity index (χ2n) is 6.39. The van der Waals surface area contributed by atoms with Gasteiger partial charge in [0.25, 0.3) is 0 Å². The van der Waals surface area contributed by atoms with E-state index in [9.17, 15) is 0 Å². The summed E-state index contributed by atoms with van der Waals surface area (Å²) in [6.45, 7) is 4.18. The first-order valence-corrected chi connectivity index (χ1v) is 8.49. The minimum Gasteiger partial charge on any atom is -0.359 e. The number of aromatic nitrogens is 1. The fourth-order valence-corrected chi connectivity index (χ4v) is 3.19. The molecule has 4 rings (SSSR count). The Bertz CT molecular complexity index is 1050. The maximum atomic E-state index is 4.69. The molecule has 2 nitrogen and oxygen atoms in total. The minimum atomic E-state index is 0.972. The maximum Gasteiger partial charge on any atom is 0.0658 e. The molecule has 122 valence electrons. The standard InChI is InChI=1S/C23H20N2/c1-16-14-17(2)24-23(16)15-21-13-12-20(25-21)11-10-19-8-5-7-18-6-3-4-9-22(18)19/h3-15,24H,1-2H3/b11-10+,21-15-. The first-order chi connectivity index (χ1) is 12.2. The molecule has 0 amide bonds. The molecule has 1 aliphatic heterocycles. The van der Waals surface area contributed by atoms with Gasteiger partial charge in [-0.15, -0.1) is 0 Å². The van der Waals surface area contributed by atoms with Gasteiger partial charge in [-0.05, 0) is 66.1 Å². The number of benzene rings is 2. The summed E-state index contributed by atoms with van der Waals surface area (Å²) < 4.78 is 0. The van der Waals surface area contributed by atoms with E-state index in [-0.39, 0.29) is 0 Å². The normalized spacial score (nSPS) is 15.6. The number of aliphatic imine (C=N–C) groups is 1. The van der Waals surface area contributed by atoms with Gasteiger partial charge in [0, 0.05) is 11.4 Å². The molecule has 0 saturated carbocycles. The van der Waals surface area contributed by atoms with Crippen LogP contribution in [0.1, 0.15) is 22.5 Å². The molecule has 0 radical (unpaired) electrons. The van der Waals surface area contributed by atoms with Crippen LogP contribution in [0.3, 0.4) is 0 Å². The molecule has 2 heteroatoms. The molecule has 0 atom stereocenters. The van der Waals surface area contributed by atoms with Crippen LogP contribution in [0.2, 0.25) is 0 Å². The van der Waals surface area contributed by atoms with E-state index in [1.807, 2.05) is 0 Å². The van der Waals surface area contributed by atoms with E-state index in [4.69, 9.17) is 0 Å². The molecule has 25 heavy (non-hydrogen) atoms. The van der Waals surface area contributed by atoms with Crippen molar-refractivity contribution in [1.82, 2.24) is 4.98 Å². The van der Waals surface area contributed by atoms with Gasteiger partial charge in [-0.1, -0.05) is 48.5 Å². The van der Waals surface area contributed by atoms with Crippen LogP contribution in [0.5, 0.6) is 0 Å². The summed E-state index contributed by atoms with van der Waals surface area (Å²) in [5.74, 6) is 0. The highest BCUT2D eigenvalue weighted by atomic mass is 14.8. The van der Waals surface area contributed by atoms with Crippen molar-refractivity contribution in [2.75, 3.05) is 0 Å². The Kier molecular flexibility index (Phi) is 3.95. The number of allylic oxidation sites excluding steroid dienone is 3. The summed E-state index contributed by atoms with van der Waals surface area (Å²) in [5, 5.41) is 2.52. The average Bonchev–Trinajstić information content (AvgIpc) is 3.19. The second-order valence-corrected chi connectivity index (χ2v) is 6.39. The van der Waals surface area contributed by atoms with Crippen molar-refractivity contribution in [2.24, 2.45) is 4.99 Å². The Balaban J connectivity index is 1.60. The zero-order valence-electron chi connectivity index (χ0n) is 14.5. The number of hydrogen-bond donors (Lipinski definition) is 1. The van der Waals surface area contributed by atoms with Gasteiger partial charge in [-0.25, -0.2) is 4.99 Å². The predicted molar refractivity (Wildman–Crippen MR) is 108 cm³/mol. The smallest absolute Gasteiger partial charge is 0.0658 e. The molecule has 3 aromatic rings. The molecule has 0 fully saturated rings. The molecule has 1 aromatic heterocycles. The summed E-state index contributed by atoms with van der Waals surface area (Å²) in [5.41, 5.74) is 6.70. The van der Waals surface area contributed by atoms with E-state index in [1.54, 1.807) is 0 Å². The highest BCUT2D eigenvalue weighted by molar-refractivity contribution is 6.10. The fourth-order valence-electron chi connectivity index (χ4n) is 3.19. The number of aromatic amines is 1. The fraction of sp³-hybridized carbons (Fsp3) is 0.0870. The Morgan fingerprint density at radius 2 is 1.76 bits per heavy atom. The lowest BCUT2D eigenvalue weighted by molar-refractivity contribution is 1.24. The largest absolute Gasteiger partial charge is 0.359 e. The first-order valence-electron chi connectivity index (χ1n) is 8.49. The quantitative estimate of drug-likeness (QED) is 0.626. The Morgan fingerprint density at radius 3 is 2.60 bits per heavy atom. The van der Waals surface area contributed by atoms with E-state index in [0.29, 0.717) is 0 Å². The van der Waals surface area contributed by atoms with Crippen LogP contribution in [0, 0.1) is 13.8 Å². The van der Waals surface area contributed by atoms with Crippen molar-refractivity contribution in [3.8, 4) is 0 Å². The lowest BCUT2D eigenvalue weighted by atomic mass is 10.0. The summed E-state index contributed by atoms with van der Waals surface area (Å²) >= 11 is 0. The zero-order chi connectivity index (χ0) is 17.2. The SMILES string of the molecule is Cc1cc(C)c(/C=C2/C=CC(/C=C/c3cccc4ccccc34)=N2)[nH]1. The van der Waals surface area contributed by atoms with Gasteiger partial charge in [0.05, 0.1) is 11.4 Å². The Labute approximate surface area is 147 Å². The topological polar surface area (TPSA) is 28.1 Å². The molecule has 1 aliphatic rings. The average molecular weight is 324 g/mol. The lowest BCUT2D eigenvalue weighted by Gasteiger charge is -2.01. The zero-order valence-corrected chi connectivity index (χ0v) is 14.5. The highest BCUT2D eigenvalue weighted by Crippen LogP contribution is 2.21. The van der Waals surface area contributed by atoms with Gasteiger partial charge < -0.3 is 4.98 Å². The third-order valence-corrected chi connectivity index (χ3v) is 4.42. The van der Waals surface area contributed by atoms with Gasteiger partial charge in [-0.2, -0.15) is 0 Å². The maximum absolute atomic E-state index is 4.69. The van der Waals surface area contributed by atoms with Crippen LogP contribution in [-0.4, -0.2) is 10.7 Å². The summed E-state index contributed by atoms with van der Waals surface area (Å²) in [6.07, 6.45) is 10.4. The number of hydrogen-bond acceptors (Lipinski definition) is 1.